The average molecular weight is 267 g/mol. The summed E-state index contributed by atoms with van der Waals surface area (Å²) in [5.41, 5.74) is 0.311. The van der Waals surface area contributed by atoms with Crippen LogP contribution in [0.1, 0.15) is 23.7 Å². The normalized spacial score (nSPS) is 22.9. The van der Waals surface area contributed by atoms with Gasteiger partial charge in [-0.05, 0) is 19.4 Å². The molecule has 1 aliphatic heterocycles. The van der Waals surface area contributed by atoms with Gasteiger partial charge in [0.1, 0.15) is 6.29 Å². The summed E-state index contributed by atoms with van der Waals surface area (Å²) in [5, 5.41) is 11.2. The van der Waals surface area contributed by atoms with E-state index in [-0.39, 0.29) is 17.0 Å². The van der Waals surface area contributed by atoms with Crippen molar-refractivity contribution in [2.45, 2.75) is 29.6 Å². The van der Waals surface area contributed by atoms with Crippen LogP contribution in [0.25, 0.3) is 0 Å². The maximum Gasteiger partial charge on any atom is 0.283 e. The van der Waals surface area contributed by atoms with Crippen molar-refractivity contribution in [3.05, 3.63) is 33.9 Å². The Morgan fingerprint density at radius 3 is 2.89 bits per heavy atom. The molecule has 2 atom stereocenters. The highest BCUT2D eigenvalue weighted by Crippen LogP contribution is 2.37. The molecule has 1 aromatic rings. The fourth-order valence-electron chi connectivity index (χ4n) is 1.88. The molecule has 96 valence electrons. The largest absolute Gasteiger partial charge is 0.377 e. The first-order valence-electron chi connectivity index (χ1n) is 5.63. The summed E-state index contributed by atoms with van der Waals surface area (Å²) >= 11 is 1.45. The molecule has 0 aliphatic carbocycles. The molecule has 1 heterocycles. The summed E-state index contributed by atoms with van der Waals surface area (Å²) < 4.78 is 5.44. The maximum absolute atomic E-state index is 11.0. The van der Waals surface area contributed by atoms with Gasteiger partial charge in [0, 0.05) is 23.5 Å². The van der Waals surface area contributed by atoms with Crippen molar-refractivity contribution in [2.24, 2.45) is 0 Å². The lowest BCUT2D eigenvalue weighted by molar-refractivity contribution is -0.387. The molecule has 1 fully saturated rings. The Labute approximate surface area is 109 Å². The van der Waals surface area contributed by atoms with E-state index in [4.69, 9.17) is 4.74 Å². The first kappa shape index (κ1) is 13.0. The van der Waals surface area contributed by atoms with E-state index in [9.17, 15) is 14.9 Å². The maximum atomic E-state index is 11.0. The van der Waals surface area contributed by atoms with Crippen molar-refractivity contribution >= 4 is 23.7 Å². The van der Waals surface area contributed by atoms with Gasteiger partial charge in [-0.1, -0.05) is 6.07 Å². The molecular weight excluding hydrogens is 254 g/mol. The van der Waals surface area contributed by atoms with Crippen molar-refractivity contribution in [1.29, 1.82) is 0 Å². The summed E-state index contributed by atoms with van der Waals surface area (Å²) in [6, 6.07) is 4.55. The lowest BCUT2D eigenvalue weighted by Gasteiger charge is -2.13. The number of thioether (sulfide) groups is 1. The summed E-state index contributed by atoms with van der Waals surface area (Å²) in [4.78, 5) is 21.8. The molecule has 0 bridgehead atoms. The molecule has 0 N–H and O–H groups in total. The van der Waals surface area contributed by atoms with Crippen LogP contribution in [-0.2, 0) is 4.74 Å². The molecule has 0 spiro atoms. The lowest BCUT2D eigenvalue weighted by Crippen LogP contribution is -2.13. The molecule has 2 unspecified atom stereocenters. The van der Waals surface area contributed by atoms with Crippen LogP contribution in [0.5, 0.6) is 0 Å². The highest BCUT2D eigenvalue weighted by atomic mass is 32.2. The van der Waals surface area contributed by atoms with E-state index in [1.165, 1.54) is 17.8 Å². The molecule has 1 aliphatic rings. The third kappa shape index (κ3) is 2.70. The van der Waals surface area contributed by atoms with Gasteiger partial charge in [0.05, 0.1) is 15.9 Å². The van der Waals surface area contributed by atoms with E-state index >= 15 is 0 Å². The van der Waals surface area contributed by atoms with E-state index in [0.717, 1.165) is 6.42 Å². The predicted molar refractivity (Wildman–Crippen MR) is 68.2 cm³/mol. The zero-order chi connectivity index (χ0) is 13.1. The van der Waals surface area contributed by atoms with Crippen molar-refractivity contribution in [3.8, 4) is 0 Å². The Hall–Kier alpha value is -1.40. The van der Waals surface area contributed by atoms with Crippen LogP contribution in [0.3, 0.4) is 0 Å². The zero-order valence-electron chi connectivity index (χ0n) is 9.87. The first-order chi connectivity index (χ1) is 8.61. The van der Waals surface area contributed by atoms with Crippen LogP contribution in [0.4, 0.5) is 5.69 Å². The second-order valence-corrected chi connectivity index (χ2v) is 5.40. The van der Waals surface area contributed by atoms with Gasteiger partial charge in [-0.2, -0.15) is 0 Å². The van der Waals surface area contributed by atoms with E-state index < -0.39 is 4.92 Å². The van der Waals surface area contributed by atoms with Gasteiger partial charge in [0.15, 0.2) is 0 Å². The van der Waals surface area contributed by atoms with Gasteiger partial charge in [0.2, 0.25) is 0 Å². The molecule has 0 radical (unpaired) electrons. The summed E-state index contributed by atoms with van der Waals surface area (Å²) in [7, 11) is 0. The number of nitrogens with zero attached hydrogens (tertiary/aromatic N) is 1. The van der Waals surface area contributed by atoms with Gasteiger partial charge in [0.25, 0.3) is 5.69 Å². The highest BCUT2D eigenvalue weighted by Gasteiger charge is 2.28. The number of rotatable bonds is 4. The second kappa shape index (κ2) is 5.49. The molecule has 0 saturated carbocycles. The van der Waals surface area contributed by atoms with E-state index in [2.05, 4.69) is 0 Å². The van der Waals surface area contributed by atoms with Crippen LogP contribution in [-0.4, -0.2) is 29.2 Å². The Morgan fingerprint density at radius 2 is 2.33 bits per heavy atom. The van der Waals surface area contributed by atoms with Gasteiger partial charge in [-0.3, -0.25) is 14.9 Å². The Morgan fingerprint density at radius 1 is 1.56 bits per heavy atom. The van der Waals surface area contributed by atoms with Crippen molar-refractivity contribution in [3.63, 3.8) is 0 Å². The van der Waals surface area contributed by atoms with Crippen LogP contribution < -0.4 is 0 Å². The minimum Gasteiger partial charge on any atom is -0.377 e. The predicted octanol–water partition coefficient (Wildman–Crippen LogP) is 2.68. The molecule has 1 saturated heterocycles. The van der Waals surface area contributed by atoms with Crippen molar-refractivity contribution in [1.82, 2.24) is 0 Å². The van der Waals surface area contributed by atoms with Gasteiger partial charge in [-0.15, -0.1) is 11.8 Å². The zero-order valence-corrected chi connectivity index (χ0v) is 10.7. The Bertz CT molecular complexity index is 477. The molecule has 6 heteroatoms. The third-order valence-corrected chi connectivity index (χ3v) is 4.42. The minimum atomic E-state index is -0.449. The highest BCUT2D eigenvalue weighted by molar-refractivity contribution is 8.00. The molecule has 1 aromatic carbocycles. The number of nitro benzene ring substituents is 1. The number of benzene rings is 1. The lowest BCUT2D eigenvalue weighted by atomic mass is 10.2. The van der Waals surface area contributed by atoms with Gasteiger partial charge >= 0.3 is 0 Å². The van der Waals surface area contributed by atoms with Crippen LogP contribution in [0, 0.1) is 10.1 Å². The average Bonchev–Trinajstić information content (AvgIpc) is 2.75. The van der Waals surface area contributed by atoms with Crippen LogP contribution >= 0.6 is 11.8 Å². The van der Waals surface area contributed by atoms with Gasteiger partial charge in [-0.25, -0.2) is 0 Å². The molecule has 2 rings (SSSR count). The molecule has 18 heavy (non-hydrogen) atoms. The second-order valence-electron chi connectivity index (χ2n) is 4.12. The SMILES string of the molecule is CC1OCCC1Sc1ccc(C=O)cc1[N+](=O)[O-]. The minimum absolute atomic E-state index is 0.0105. The van der Waals surface area contributed by atoms with E-state index in [0.29, 0.717) is 23.4 Å². The molecular formula is C12H13NO4S. The Balaban J connectivity index is 2.26. The van der Waals surface area contributed by atoms with E-state index in [1.807, 2.05) is 6.92 Å². The summed E-state index contributed by atoms with van der Waals surface area (Å²) in [6.07, 6.45) is 1.60. The monoisotopic (exact) mass is 267 g/mol. The number of hydrogen-bond donors (Lipinski definition) is 0. The molecule has 0 aromatic heterocycles. The van der Waals surface area contributed by atoms with Crippen LogP contribution in [0.15, 0.2) is 23.1 Å². The number of aldehydes is 1. The number of hydrogen-bond acceptors (Lipinski definition) is 5. The van der Waals surface area contributed by atoms with E-state index in [1.54, 1.807) is 12.1 Å². The van der Waals surface area contributed by atoms with Gasteiger partial charge < -0.3 is 4.74 Å². The van der Waals surface area contributed by atoms with Crippen molar-refractivity contribution < 1.29 is 14.5 Å². The fraction of sp³-hybridized carbons (Fsp3) is 0.417. The smallest absolute Gasteiger partial charge is 0.283 e. The fourth-order valence-corrected chi connectivity index (χ4v) is 3.09. The number of carbonyl (C=O) groups excluding carboxylic acids is 1. The first-order valence-corrected chi connectivity index (χ1v) is 6.51. The number of nitro groups is 1. The van der Waals surface area contributed by atoms with Crippen LogP contribution in [0.2, 0.25) is 0 Å². The quantitative estimate of drug-likeness (QED) is 0.476. The topological polar surface area (TPSA) is 69.4 Å². The number of carbonyl (C=O) groups is 1. The third-order valence-electron chi connectivity index (χ3n) is 2.90. The number of ether oxygens (including phenoxy) is 1. The Kier molecular flexibility index (Phi) is 3.98. The van der Waals surface area contributed by atoms with Crippen molar-refractivity contribution in [2.75, 3.05) is 6.61 Å². The standard InChI is InChI=1S/C12H13NO4S/c1-8-11(4-5-17-8)18-12-3-2-9(7-14)6-10(12)13(15)16/h2-3,6-8,11H,4-5H2,1H3. The molecule has 0 amide bonds. The molecule has 5 nitrogen and oxygen atoms in total. The summed E-state index contributed by atoms with van der Waals surface area (Å²) in [6.45, 7) is 2.66. The summed E-state index contributed by atoms with van der Waals surface area (Å²) in [5.74, 6) is 0.